The Kier molecular flexibility index (Phi) is 5.09. The summed E-state index contributed by atoms with van der Waals surface area (Å²) in [5, 5.41) is 5.97. The zero-order valence-corrected chi connectivity index (χ0v) is 19.5. The van der Waals surface area contributed by atoms with Crippen LogP contribution < -0.4 is 10.2 Å². The standard InChI is InChI=1S/C26H24FN3O2S/c1-16-5-4-6-21(17(16)2)30-23(31)22-13-19-11-12-33-24(19)29(22)15-26(30,3)25(32)28-14-18-7-9-20(27)10-8-18/h4-13H,14-15H2,1-3H3,(H,28,32)/t26-/m0/s1. The predicted molar refractivity (Wildman–Crippen MR) is 129 cm³/mol. The normalized spacial score (nSPS) is 17.9. The maximum atomic E-state index is 13.9. The molecule has 0 aliphatic carbocycles. The molecule has 0 fully saturated rings. The summed E-state index contributed by atoms with van der Waals surface area (Å²) in [5.41, 5.74) is 2.97. The van der Waals surface area contributed by atoms with Crippen LogP contribution in [0, 0.1) is 19.7 Å². The van der Waals surface area contributed by atoms with Crippen molar-refractivity contribution in [3.05, 3.63) is 88.2 Å². The summed E-state index contributed by atoms with van der Waals surface area (Å²) >= 11 is 1.56. The zero-order chi connectivity index (χ0) is 23.3. The molecule has 1 aliphatic rings. The van der Waals surface area contributed by atoms with Crippen LogP contribution in [0.1, 0.15) is 34.1 Å². The number of halogens is 1. The third kappa shape index (κ3) is 3.43. The van der Waals surface area contributed by atoms with E-state index in [1.54, 1.807) is 28.4 Å². The second kappa shape index (κ2) is 7.85. The number of benzene rings is 2. The van der Waals surface area contributed by atoms with Crippen molar-refractivity contribution in [2.24, 2.45) is 0 Å². The van der Waals surface area contributed by atoms with Crippen LogP contribution in [0.4, 0.5) is 10.1 Å². The average molecular weight is 462 g/mol. The van der Waals surface area contributed by atoms with Gasteiger partial charge in [-0.3, -0.25) is 14.5 Å². The van der Waals surface area contributed by atoms with Gasteiger partial charge in [0.25, 0.3) is 5.91 Å². The molecular weight excluding hydrogens is 437 g/mol. The number of thiophene rings is 1. The number of rotatable bonds is 4. The van der Waals surface area contributed by atoms with Crippen molar-refractivity contribution in [3.63, 3.8) is 0 Å². The number of nitrogens with one attached hydrogen (secondary N) is 1. The number of nitrogens with zero attached hydrogens (tertiary/aromatic N) is 2. The largest absolute Gasteiger partial charge is 0.350 e. The van der Waals surface area contributed by atoms with Gasteiger partial charge < -0.3 is 9.88 Å². The van der Waals surface area contributed by atoms with Gasteiger partial charge in [-0.05, 0) is 73.2 Å². The molecule has 168 valence electrons. The average Bonchev–Trinajstić information content (AvgIpc) is 3.38. The van der Waals surface area contributed by atoms with Crippen LogP contribution in [0.15, 0.2) is 60.0 Å². The van der Waals surface area contributed by atoms with E-state index in [9.17, 15) is 14.0 Å². The topological polar surface area (TPSA) is 54.3 Å². The van der Waals surface area contributed by atoms with Crippen LogP contribution >= 0.6 is 11.3 Å². The monoisotopic (exact) mass is 461 g/mol. The molecule has 33 heavy (non-hydrogen) atoms. The van der Waals surface area contributed by atoms with Gasteiger partial charge in [-0.25, -0.2) is 4.39 Å². The first-order valence-corrected chi connectivity index (χ1v) is 11.7. The van der Waals surface area contributed by atoms with Gasteiger partial charge in [0.1, 0.15) is 21.9 Å². The fraction of sp³-hybridized carbons (Fsp3) is 0.231. The molecule has 5 nitrogen and oxygen atoms in total. The maximum Gasteiger partial charge on any atom is 0.275 e. The van der Waals surface area contributed by atoms with Gasteiger partial charge in [0, 0.05) is 17.6 Å². The number of carbonyl (C=O) groups is 2. The minimum Gasteiger partial charge on any atom is -0.350 e. The minimum atomic E-state index is -1.15. The molecule has 0 spiro atoms. The fourth-order valence-electron chi connectivity index (χ4n) is 4.53. The van der Waals surface area contributed by atoms with Crippen molar-refractivity contribution in [1.29, 1.82) is 0 Å². The minimum absolute atomic E-state index is 0.196. The van der Waals surface area contributed by atoms with Crippen molar-refractivity contribution in [2.75, 3.05) is 4.90 Å². The van der Waals surface area contributed by atoms with Crippen molar-refractivity contribution in [3.8, 4) is 0 Å². The Morgan fingerprint density at radius 2 is 1.91 bits per heavy atom. The molecule has 3 heterocycles. The van der Waals surface area contributed by atoms with E-state index >= 15 is 0 Å². The summed E-state index contributed by atoms with van der Waals surface area (Å²) in [5.74, 6) is -0.779. The first-order chi connectivity index (χ1) is 15.8. The number of hydrogen-bond donors (Lipinski definition) is 1. The van der Waals surface area contributed by atoms with Gasteiger partial charge in [-0.2, -0.15) is 0 Å². The molecule has 0 radical (unpaired) electrons. The van der Waals surface area contributed by atoms with E-state index < -0.39 is 5.54 Å². The molecule has 1 atom stereocenters. The van der Waals surface area contributed by atoms with Crippen molar-refractivity contribution >= 4 is 39.1 Å². The number of aryl methyl sites for hydroxylation is 1. The Bertz CT molecular complexity index is 1390. The number of carbonyl (C=O) groups excluding carboxylic acids is 2. The van der Waals surface area contributed by atoms with E-state index in [-0.39, 0.29) is 24.2 Å². The molecule has 2 aromatic heterocycles. The lowest BCUT2D eigenvalue weighted by Gasteiger charge is -2.44. The summed E-state index contributed by atoms with van der Waals surface area (Å²) in [6.45, 7) is 6.37. The molecule has 0 saturated carbocycles. The highest BCUT2D eigenvalue weighted by Gasteiger charge is 2.49. The lowest BCUT2D eigenvalue weighted by atomic mass is 9.92. The van der Waals surface area contributed by atoms with Gasteiger partial charge in [-0.1, -0.05) is 24.3 Å². The zero-order valence-electron chi connectivity index (χ0n) is 18.7. The van der Waals surface area contributed by atoms with E-state index in [4.69, 9.17) is 0 Å². The molecule has 0 unspecified atom stereocenters. The van der Waals surface area contributed by atoms with Crippen LogP contribution in [0.5, 0.6) is 0 Å². The van der Waals surface area contributed by atoms with E-state index in [1.807, 2.05) is 61.1 Å². The number of hydrogen-bond acceptors (Lipinski definition) is 3. The highest BCUT2D eigenvalue weighted by atomic mass is 32.1. The molecular formula is C26H24FN3O2S. The Balaban J connectivity index is 1.58. The SMILES string of the molecule is Cc1cccc(N2C(=O)c3cc4ccsc4n3C[C@@]2(C)C(=O)NCc2ccc(F)cc2)c1C. The van der Waals surface area contributed by atoms with Crippen molar-refractivity contribution < 1.29 is 14.0 Å². The third-order valence-electron chi connectivity index (χ3n) is 6.56. The van der Waals surface area contributed by atoms with Gasteiger partial charge in [0.15, 0.2) is 0 Å². The van der Waals surface area contributed by atoms with Crippen LogP contribution in [0.2, 0.25) is 0 Å². The van der Waals surface area contributed by atoms with E-state index in [1.165, 1.54) is 12.1 Å². The summed E-state index contributed by atoms with van der Waals surface area (Å²) in [7, 11) is 0. The molecule has 1 aliphatic heterocycles. The van der Waals surface area contributed by atoms with Crippen molar-refractivity contribution in [2.45, 2.75) is 39.4 Å². The summed E-state index contributed by atoms with van der Waals surface area (Å²) in [6.07, 6.45) is 0. The lowest BCUT2D eigenvalue weighted by Crippen LogP contribution is -2.64. The molecule has 5 rings (SSSR count). The Hall–Kier alpha value is -3.45. The molecule has 4 aromatic rings. The van der Waals surface area contributed by atoms with E-state index in [0.29, 0.717) is 12.2 Å². The Morgan fingerprint density at radius 3 is 2.67 bits per heavy atom. The lowest BCUT2D eigenvalue weighted by molar-refractivity contribution is -0.126. The smallest absolute Gasteiger partial charge is 0.275 e. The first kappa shape index (κ1) is 21.4. The third-order valence-corrected chi connectivity index (χ3v) is 7.51. The Morgan fingerprint density at radius 1 is 1.15 bits per heavy atom. The molecule has 2 amide bonds. The van der Waals surface area contributed by atoms with Crippen LogP contribution in [-0.2, 0) is 17.9 Å². The number of aromatic nitrogens is 1. The number of fused-ring (bicyclic) bond motifs is 3. The second-order valence-corrected chi connectivity index (χ2v) is 9.63. The highest BCUT2D eigenvalue weighted by Crippen LogP contribution is 2.39. The highest BCUT2D eigenvalue weighted by molar-refractivity contribution is 7.16. The van der Waals surface area contributed by atoms with Crippen LogP contribution in [0.3, 0.4) is 0 Å². The Labute approximate surface area is 195 Å². The van der Waals surface area contributed by atoms with Gasteiger partial charge in [0.05, 0.1) is 6.54 Å². The molecule has 0 bridgehead atoms. The molecule has 2 aromatic carbocycles. The maximum absolute atomic E-state index is 13.9. The fourth-order valence-corrected chi connectivity index (χ4v) is 5.42. The number of amides is 2. The molecule has 1 N–H and O–H groups in total. The first-order valence-electron chi connectivity index (χ1n) is 10.8. The molecule has 7 heteroatoms. The van der Waals surface area contributed by atoms with E-state index in [2.05, 4.69) is 5.32 Å². The van der Waals surface area contributed by atoms with Gasteiger partial charge in [0.2, 0.25) is 5.91 Å². The summed E-state index contributed by atoms with van der Waals surface area (Å²) in [4.78, 5) is 30.2. The van der Waals surface area contributed by atoms with E-state index in [0.717, 1.165) is 32.6 Å². The quantitative estimate of drug-likeness (QED) is 0.455. The molecule has 0 saturated heterocycles. The predicted octanol–water partition coefficient (Wildman–Crippen LogP) is 5.19. The second-order valence-electron chi connectivity index (χ2n) is 8.74. The van der Waals surface area contributed by atoms with Crippen molar-refractivity contribution in [1.82, 2.24) is 9.88 Å². The van der Waals surface area contributed by atoms with Crippen LogP contribution in [-0.4, -0.2) is 21.9 Å². The van der Waals surface area contributed by atoms with Gasteiger partial charge in [-0.15, -0.1) is 11.3 Å². The van der Waals surface area contributed by atoms with Crippen LogP contribution in [0.25, 0.3) is 10.2 Å². The number of anilines is 1. The summed E-state index contributed by atoms with van der Waals surface area (Å²) in [6, 6.07) is 15.7. The summed E-state index contributed by atoms with van der Waals surface area (Å²) < 4.78 is 15.2. The van der Waals surface area contributed by atoms with Gasteiger partial charge >= 0.3 is 0 Å².